The molecule has 0 radical (unpaired) electrons. The first kappa shape index (κ1) is 19.4. The van der Waals surface area contributed by atoms with Gasteiger partial charge in [-0.15, -0.1) is 0 Å². The quantitative estimate of drug-likeness (QED) is 0.386. The van der Waals surface area contributed by atoms with Crippen molar-refractivity contribution in [1.82, 2.24) is 9.47 Å². The molecule has 2 nitrogen and oxygen atoms in total. The standard InChI is InChI=1S/C26H25FN2S/c1-19-21(18-28-13-15-30-16-14-28)17-26(29(19)25-12-5-4-11-24(25)27)23-10-6-8-20-7-2-3-9-22(20)23/h2-12,17H,13-16,18H2,1H3. The number of hydrogen-bond donors (Lipinski definition) is 0. The van der Waals surface area contributed by atoms with Crippen LogP contribution in [-0.2, 0) is 6.54 Å². The minimum absolute atomic E-state index is 0.196. The molecule has 5 rings (SSSR count). The Hall–Kier alpha value is -2.56. The highest BCUT2D eigenvalue weighted by atomic mass is 32.2. The molecule has 2 heterocycles. The molecule has 4 heteroatoms. The average molecular weight is 417 g/mol. The van der Waals surface area contributed by atoms with Crippen LogP contribution in [0.4, 0.5) is 4.39 Å². The van der Waals surface area contributed by atoms with Crippen molar-refractivity contribution in [2.75, 3.05) is 24.6 Å². The summed E-state index contributed by atoms with van der Waals surface area (Å²) in [6, 6.07) is 24.1. The van der Waals surface area contributed by atoms with Gasteiger partial charge >= 0.3 is 0 Å². The largest absolute Gasteiger partial charge is 0.311 e. The van der Waals surface area contributed by atoms with Crippen LogP contribution in [0.1, 0.15) is 11.3 Å². The van der Waals surface area contributed by atoms with Crippen LogP contribution >= 0.6 is 11.8 Å². The molecule has 0 unspecified atom stereocenters. The minimum Gasteiger partial charge on any atom is -0.311 e. The number of aromatic nitrogens is 1. The molecule has 4 aromatic rings. The van der Waals surface area contributed by atoms with Gasteiger partial charge in [0.05, 0.1) is 11.4 Å². The molecule has 0 saturated carbocycles. The van der Waals surface area contributed by atoms with Gasteiger partial charge in [-0.05, 0) is 41.5 Å². The van der Waals surface area contributed by atoms with Crippen molar-refractivity contribution in [1.29, 1.82) is 0 Å². The molecule has 30 heavy (non-hydrogen) atoms. The second-order valence-electron chi connectivity index (χ2n) is 7.84. The summed E-state index contributed by atoms with van der Waals surface area (Å²) in [5, 5.41) is 2.39. The summed E-state index contributed by atoms with van der Waals surface area (Å²) >= 11 is 2.02. The summed E-state index contributed by atoms with van der Waals surface area (Å²) in [7, 11) is 0. The van der Waals surface area contributed by atoms with Gasteiger partial charge in [0, 0.05) is 42.4 Å². The summed E-state index contributed by atoms with van der Waals surface area (Å²) in [5.41, 5.74) is 5.18. The lowest BCUT2D eigenvalue weighted by Crippen LogP contribution is -2.32. The van der Waals surface area contributed by atoms with E-state index >= 15 is 0 Å². The molecule has 0 spiro atoms. The Balaban J connectivity index is 1.70. The number of para-hydroxylation sites is 1. The van der Waals surface area contributed by atoms with Gasteiger partial charge < -0.3 is 4.57 Å². The van der Waals surface area contributed by atoms with E-state index in [2.05, 4.69) is 64.9 Å². The Labute approximate surface area is 181 Å². The highest BCUT2D eigenvalue weighted by Crippen LogP contribution is 2.35. The van der Waals surface area contributed by atoms with Crippen molar-refractivity contribution in [3.05, 3.63) is 89.9 Å². The van der Waals surface area contributed by atoms with Gasteiger partial charge in [-0.1, -0.05) is 54.6 Å². The molecule has 0 N–H and O–H groups in total. The van der Waals surface area contributed by atoms with Crippen molar-refractivity contribution in [3.8, 4) is 16.9 Å². The molecule has 0 amide bonds. The maximum atomic E-state index is 14.9. The number of nitrogens with zero attached hydrogens (tertiary/aromatic N) is 2. The number of thioether (sulfide) groups is 1. The normalized spacial score (nSPS) is 15.0. The van der Waals surface area contributed by atoms with E-state index in [9.17, 15) is 4.39 Å². The van der Waals surface area contributed by atoms with Crippen LogP contribution in [0.2, 0.25) is 0 Å². The number of fused-ring (bicyclic) bond motifs is 1. The van der Waals surface area contributed by atoms with E-state index in [1.807, 2.05) is 23.9 Å². The first-order valence-corrected chi connectivity index (χ1v) is 11.6. The first-order valence-electron chi connectivity index (χ1n) is 10.5. The van der Waals surface area contributed by atoms with Crippen LogP contribution in [0.15, 0.2) is 72.8 Å². The second-order valence-corrected chi connectivity index (χ2v) is 9.07. The lowest BCUT2D eigenvalue weighted by atomic mass is 10.0. The molecule has 0 bridgehead atoms. The van der Waals surface area contributed by atoms with E-state index in [1.54, 1.807) is 12.1 Å². The summed E-state index contributed by atoms with van der Waals surface area (Å²) in [6.45, 7) is 5.25. The minimum atomic E-state index is -0.196. The predicted octanol–water partition coefficient (Wildman–Crippen LogP) is 6.29. The molecule has 3 aromatic carbocycles. The van der Waals surface area contributed by atoms with Gasteiger partial charge in [0.1, 0.15) is 5.82 Å². The molecule has 0 aliphatic carbocycles. The smallest absolute Gasteiger partial charge is 0.147 e. The molecule has 1 saturated heterocycles. The first-order chi connectivity index (χ1) is 14.7. The second kappa shape index (κ2) is 8.29. The highest BCUT2D eigenvalue weighted by molar-refractivity contribution is 7.99. The Morgan fingerprint density at radius 1 is 0.900 bits per heavy atom. The molecule has 1 fully saturated rings. The highest BCUT2D eigenvalue weighted by Gasteiger charge is 2.20. The molecule has 0 atom stereocenters. The number of rotatable bonds is 4. The van der Waals surface area contributed by atoms with Crippen LogP contribution in [0.25, 0.3) is 27.7 Å². The number of benzene rings is 3. The summed E-state index contributed by atoms with van der Waals surface area (Å²) < 4.78 is 17.0. The van der Waals surface area contributed by atoms with Crippen molar-refractivity contribution >= 4 is 22.5 Å². The van der Waals surface area contributed by atoms with Crippen molar-refractivity contribution in [2.24, 2.45) is 0 Å². The van der Waals surface area contributed by atoms with Gasteiger partial charge in [-0.25, -0.2) is 4.39 Å². The van der Waals surface area contributed by atoms with Gasteiger partial charge in [0.2, 0.25) is 0 Å². The fraction of sp³-hybridized carbons (Fsp3) is 0.231. The zero-order valence-electron chi connectivity index (χ0n) is 17.1. The van der Waals surface area contributed by atoms with Crippen LogP contribution < -0.4 is 0 Å². The lowest BCUT2D eigenvalue weighted by Gasteiger charge is -2.26. The Morgan fingerprint density at radius 2 is 1.63 bits per heavy atom. The number of halogens is 1. The van der Waals surface area contributed by atoms with Gasteiger partial charge in [0.25, 0.3) is 0 Å². The van der Waals surface area contributed by atoms with Crippen LogP contribution in [0.3, 0.4) is 0 Å². The molecule has 1 aliphatic heterocycles. The van der Waals surface area contributed by atoms with E-state index < -0.39 is 0 Å². The van der Waals surface area contributed by atoms with E-state index in [0.717, 1.165) is 36.6 Å². The maximum absolute atomic E-state index is 14.9. The zero-order valence-corrected chi connectivity index (χ0v) is 18.0. The summed E-state index contributed by atoms with van der Waals surface area (Å²) in [4.78, 5) is 2.51. The topological polar surface area (TPSA) is 8.17 Å². The molecular formula is C26H25FN2S. The Bertz CT molecular complexity index is 1190. The zero-order chi connectivity index (χ0) is 20.5. The molecule has 152 valence electrons. The predicted molar refractivity (Wildman–Crippen MR) is 126 cm³/mol. The van der Waals surface area contributed by atoms with Gasteiger partial charge in [-0.3, -0.25) is 4.90 Å². The van der Waals surface area contributed by atoms with Crippen molar-refractivity contribution < 1.29 is 4.39 Å². The molecule has 1 aliphatic rings. The summed E-state index contributed by atoms with van der Waals surface area (Å²) in [5.74, 6) is 2.17. The van der Waals surface area contributed by atoms with Crippen LogP contribution in [0, 0.1) is 12.7 Å². The van der Waals surface area contributed by atoms with Crippen LogP contribution in [0.5, 0.6) is 0 Å². The monoisotopic (exact) mass is 416 g/mol. The van der Waals surface area contributed by atoms with Gasteiger partial charge in [-0.2, -0.15) is 11.8 Å². The molecular weight excluding hydrogens is 391 g/mol. The lowest BCUT2D eigenvalue weighted by molar-refractivity contribution is 0.294. The van der Waals surface area contributed by atoms with Gasteiger partial charge in [0.15, 0.2) is 0 Å². The fourth-order valence-corrected chi connectivity index (χ4v) is 5.39. The third-order valence-corrected chi connectivity index (χ3v) is 6.95. The van der Waals surface area contributed by atoms with E-state index in [1.165, 1.54) is 27.8 Å². The third-order valence-electron chi connectivity index (χ3n) is 6.01. The Kier molecular flexibility index (Phi) is 5.36. The van der Waals surface area contributed by atoms with Crippen molar-refractivity contribution in [3.63, 3.8) is 0 Å². The molecule has 1 aromatic heterocycles. The maximum Gasteiger partial charge on any atom is 0.147 e. The van der Waals surface area contributed by atoms with Crippen molar-refractivity contribution in [2.45, 2.75) is 13.5 Å². The van der Waals surface area contributed by atoms with Crippen LogP contribution in [-0.4, -0.2) is 34.1 Å². The average Bonchev–Trinajstić information content (AvgIpc) is 3.10. The fourth-order valence-electron chi connectivity index (χ4n) is 4.41. The van der Waals surface area contributed by atoms with E-state index in [4.69, 9.17) is 0 Å². The SMILES string of the molecule is Cc1c(CN2CCSCC2)cc(-c2cccc3ccccc23)n1-c1ccccc1F. The van der Waals surface area contributed by atoms with E-state index in [0.29, 0.717) is 5.69 Å². The number of hydrogen-bond acceptors (Lipinski definition) is 2. The Morgan fingerprint density at radius 3 is 2.47 bits per heavy atom. The third kappa shape index (κ3) is 3.55. The van der Waals surface area contributed by atoms with E-state index in [-0.39, 0.29) is 5.82 Å². The summed E-state index contributed by atoms with van der Waals surface area (Å²) in [6.07, 6.45) is 0.